The van der Waals surface area contributed by atoms with Crippen LogP contribution in [0.3, 0.4) is 0 Å². The zero-order chi connectivity index (χ0) is 11.5. The minimum atomic E-state index is 0.955. The normalized spacial score (nSPS) is 12.4. The molecule has 0 saturated heterocycles. The first kappa shape index (κ1) is 10.4. The van der Waals surface area contributed by atoms with Crippen LogP contribution in [-0.4, -0.2) is 0 Å². The smallest absolute Gasteiger partial charge is 0.0779 e. The molecule has 0 nitrogen and oxygen atoms in total. The molecule has 80 valence electrons. The Bertz CT molecular complexity index is 679. The average Bonchev–Trinajstić information content (AvgIpc) is 3.09. The summed E-state index contributed by atoms with van der Waals surface area (Å²) in [6.07, 6.45) is 5.81. The van der Waals surface area contributed by atoms with Crippen LogP contribution < -0.4 is 0 Å². The van der Waals surface area contributed by atoms with Crippen molar-refractivity contribution in [3.63, 3.8) is 0 Å². The van der Waals surface area contributed by atoms with Crippen LogP contribution in [-0.2, 0) is 0 Å². The van der Waals surface area contributed by atoms with Crippen LogP contribution in [0, 0.1) is 11.8 Å². The van der Waals surface area contributed by atoms with E-state index in [-0.39, 0.29) is 0 Å². The first-order chi connectivity index (χ1) is 8.42. The van der Waals surface area contributed by atoms with Gasteiger partial charge in [0.15, 0.2) is 0 Å². The molecule has 0 spiro atoms. The summed E-state index contributed by atoms with van der Waals surface area (Å²) in [6, 6.07) is 8.42. The summed E-state index contributed by atoms with van der Waals surface area (Å²) in [4.78, 5) is 3.70. The van der Waals surface area contributed by atoms with Crippen molar-refractivity contribution in [2.75, 3.05) is 0 Å². The lowest BCUT2D eigenvalue weighted by Gasteiger charge is -1.86. The lowest BCUT2D eigenvalue weighted by Crippen LogP contribution is -1.65. The molecule has 0 bridgehead atoms. The van der Waals surface area contributed by atoms with Crippen LogP contribution >= 0.6 is 22.7 Å². The molecule has 0 atom stereocenters. The van der Waals surface area contributed by atoms with E-state index in [0.29, 0.717) is 0 Å². The van der Waals surface area contributed by atoms with Gasteiger partial charge in [-0.05, 0) is 35.7 Å². The topological polar surface area (TPSA) is 0 Å². The van der Waals surface area contributed by atoms with Gasteiger partial charge in [-0.15, -0.1) is 28.4 Å². The molecule has 0 aromatic carbocycles. The monoisotopic (exact) mass is 252 g/mol. The predicted molar refractivity (Wildman–Crippen MR) is 75.2 cm³/mol. The van der Waals surface area contributed by atoms with Gasteiger partial charge in [-0.1, -0.05) is 24.0 Å². The van der Waals surface area contributed by atoms with E-state index in [9.17, 15) is 0 Å². The molecule has 0 saturated carbocycles. The summed E-state index contributed by atoms with van der Waals surface area (Å²) in [5.41, 5.74) is 4.03. The molecule has 1 aliphatic carbocycles. The molecule has 0 aliphatic heterocycles. The van der Waals surface area contributed by atoms with Gasteiger partial charge in [0.1, 0.15) is 0 Å². The Hall–Kier alpha value is -1.78. The van der Waals surface area contributed by atoms with Gasteiger partial charge in [0, 0.05) is 9.75 Å². The van der Waals surface area contributed by atoms with Gasteiger partial charge in [0.2, 0.25) is 0 Å². The molecule has 2 aromatic rings. The third-order valence-corrected chi connectivity index (χ3v) is 4.35. The number of allylic oxidation sites excluding steroid dienone is 3. The second-order valence-corrected chi connectivity index (χ2v) is 5.51. The zero-order valence-corrected chi connectivity index (χ0v) is 10.6. The molecule has 0 amide bonds. The van der Waals surface area contributed by atoms with Crippen LogP contribution in [0.4, 0.5) is 0 Å². The standard InChI is InChI=1S/C15H8S2/c1-2-5-12(4-1)7-8-13-9-10-15(17-13)14-6-3-11-16-14/h1-4,6,9-11H. The van der Waals surface area contributed by atoms with Gasteiger partial charge < -0.3 is 0 Å². The lowest BCUT2D eigenvalue weighted by atomic mass is 10.3. The summed E-state index contributed by atoms with van der Waals surface area (Å²) < 4.78 is 0. The van der Waals surface area contributed by atoms with E-state index in [2.05, 4.69) is 47.2 Å². The Morgan fingerprint density at radius 3 is 2.82 bits per heavy atom. The molecular formula is C15H8S2. The molecule has 0 fully saturated rings. The lowest BCUT2D eigenvalue weighted by molar-refractivity contribution is 1.85. The molecule has 2 heterocycles. The minimum absolute atomic E-state index is 0.955. The van der Waals surface area contributed by atoms with E-state index < -0.39 is 0 Å². The second kappa shape index (κ2) is 4.61. The second-order valence-electron chi connectivity index (χ2n) is 3.47. The summed E-state index contributed by atoms with van der Waals surface area (Å²) in [5, 5.41) is 2.10. The Morgan fingerprint density at radius 1 is 1.06 bits per heavy atom. The molecule has 2 heteroatoms. The first-order valence-corrected chi connectivity index (χ1v) is 6.90. The van der Waals surface area contributed by atoms with Crippen LogP contribution in [0.25, 0.3) is 9.75 Å². The van der Waals surface area contributed by atoms with Gasteiger partial charge in [0.25, 0.3) is 0 Å². The fraction of sp³-hybridized carbons (Fsp3) is 0. The van der Waals surface area contributed by atoms with Crippen molar-refractivity contribution in [1.29, 1.82) is 0 Å². The van der Waals surface area contributed by atoms with Crippen LogP contribution in [0.1, 0.15) is 4.88 Å². The predicted octanol–water partition coefficient (Wildman–Crippen LogP) is 4.48. The zero-order valence-electron chi connectivity index (χ0n) is 8.94. The molecular weight excluding hydrogens is 244 g/mol. The minimum Gasteiger partial charge on any atom is -0.143 e. The van der Waals surface area contributed by atoms with Crippen molar-refractivity contribution >= 4 is 22.7 Å². The molecule has 1 aliphatic rings. The number of rotatable bonds is 1. The Morgan fingerprint density at radius 2 is 2.06 bits per heavy atom. The molecule has 2 aromatic heterocycles. The maximum absolute atomic E-state index is 3.17. The largest absolute Gasteiger partial charge is 0.143 e. The van der Waals surface area contributed by atoms with Crippen LogP contribution in [0.5, 0.6) is 0 Å². The Kier molecular flexibility index (Phi) is 2.81. The highest BCUT2D eigenvalue weighted by Gasteiger charge is 2.01. The summed E-state index contributed by atoms with van der Waals surface area (Å²) in [7, 11) is 0. The van der Waals surface area contributed by atoms with Crippen molar-refractivity contribution in [2.45, 2.75) is 0 Å². The summed E-state index contributed by atoms with van der Waals surface area (Å²) >= 11 is 3.50. The van der Waals surface area contributed by atoms with E-state index in [4.69, 9.17) is 0 Å². The van der Waals surface area contributed by atoms with E-state index in [1.807, 2.05) is 18.2 Å². The van der Waals surface area contributed by atoms with E-state index >= 15 is 0 Å². The van der Waals surface area contributed by atoms with Gasteiger partial charge in [0.05, 0.1) is 10.5 Å². The molecule has 3 rings (SSSR count). The SMILES string of the molecule is C1=CC=CC=1C#Cc1ccc(-c2cccs2)s1. The van der Waals surface area contributed by atoms with Gasteiger partial charge >= 0.3 is 0 Å². The van der Waals surface area contributed by atoms with Crippen molar-refractivity contribution in [2.24, 2.45) is 0 Å². The van der Waals surface area contributed by atoms with Gasteiger partial charge in [-0.25, -0.2) is 0 Å². The third-order valence-electron chi connectivity index (χ3n) is 2.29. The van der Waals surface area contributed by atoms with Crippen molar-refractivity contribution in [3.05, 3.63) is 64.1 Å². The van der Waals surface area contributed by atoms with Crippen molar-refractivity contribution in [1.82, 2.24) is 0 Å². The van der Waals surface area contributed by atoms with Gasteiger partial charge in [-0.3, -0.25) is 0 Å². The van der Waals surface area contributed by atoms with Crippen LogP contribution in [0.15, 0.2) is 59.2 Å². The average molecular weight is 252 g/mol. The number of hydrogen-bond acceptors (Lipinski definition) is 2. The molecule has 0 unspecified atom stereocenters. The fourth-order valence-corrected chi connectivity index (χ4v) is 3.19. The van der Waals surface area contributed by atoms with Gasteiger partial charge in [-0.2, -0.15) is 0 Å². The third kappa shape index (κ3) is 2.33. The fourth-order valence-electron chi connectivity index (χ4n) is 1.49. The van der Waals surface area contributed by atoms with E-state index in [1.165, 1.54) is 9.75 Å². The molecule has 0 radical (unpaired) electrons. The highest BCUT2D eigenvalue weighted by Crippen LogP contribution is 2.31. The number of thiophene rings is 2. The maximum Gasteiger partial charge on any atom is 0.0779 e. The summed E-state index contributed by atoms with van der Waals surface area (Å²) in [5.74, 6) is 6.28. The van der Waals surface area contributed by atoms with Crippen molar-refractivity contribution in [3.8, 4) is 21.6 Å². The molecule has 0 N–H and O–H groups in total. The van der Waals surface area contributed by atoms with Crippen molar-refractivity contribution < 1.29 is 0 Å². The highest BCUT2D eigenvalue weighted by atomic mass is 32.1. The summed E-state index contributed by atoms with van der Waals surface area (Å²) in [6.45, 7) is 0. The first-order valence-electron chi connectivity index (χ1n) is 5.21. The molecule has 17 heavy (non-hydrogen) atoms. The van der Waals surface area contributed by atoms with E-state index in [0.717, 1.165) is 10.5 Å². The number of hydrogen-bond donors (Lipinski definition) is 0. The Balaban J connectivity index is 1.86. The quantitative estimate of drug-likeness (QED) is 0.518. The highest BCUT2D eigenvalue weighted by molar-refractivity contribution is 7.21. The van der Waals surface area contributed by atoms with E-state index in [1.54, 1.807) is 22.7 Å². The Labute approximate surface area is 108 Å². The maximum atomic E-state index is 3.17. The van der Waals surface area contributed by atoms with Crippen LogP contribution in [0.2, 0.25) is 0 Å².